The van der Waals surface area contributed by atoms with E-state index < -0.39 is 10.0 Å². The van der Waals surface area contributed by atoms with Crippen molar-refractivity contribution >= 4 is 43.2 Å². The lowest BCUT2D eigenvalue weighted by Crippen LogP contribution is -2.26. The molecule has 1 aromatic carbocycles. The third-order valence-electron chi connectivity index (χ3n) is 3.15. The van der Waals surface area contributed by atoms with Crippen molar-refractivity contribution < 1.29 is 22.7 Å². The molecule has 2 N–H and O–H groups in total. The summed E-state index contributed by atoms with van der Waals surface area (Å²) in [5.74, 6) is 0.357. The Bertz CT molecular complexity index is 899. The van der Waals surface area contributed by atoms with E-state index in [0.29, 0.717) is 16.0 Å². The molecule has 0 saturated heterocycles. The molecule has 10 heteroatoms. The molecule has 1 aliphatic heterocycles. The first-order valence-electron chi connectivity index (χ1n) is 6.68. The predicted octanol–water partition coefficient (Wildman–Crippen LogP) is 1.98. The van der Waals surface area contributed by atoms with Gasteiger partial charge in [0.25, 0.3) is 15.9 Å². The highest BCUT2D eigenvalue weighted by Gasteiger charge is 2.24. The maximum absolute atomic E-state index is 12.6. The molecular weight excluding hydrogens is 402 g/mol. The third kappa shape index (κ3) is 3.29. The molecule has 1 aliphatic rings. The Morgan fingerprint density at radius 2 is 2.17 bits per heavy atom. The average Bonchev–Trinajstić information content (AvgIpc) is 2.54. The van der Waals surface area contributed by atoms with Crippen LogP contribution in [0.2, 0.25) is 0 Å². The molecule has 0 spiro atoms. The second-order valence-corrected chi connectivity index (χ2v) is 7.32. The van der Waals surface area contributed by atoms with Crippen molar-refractivity contribution in [3.05, 3.63) is 34.9 Å². The number of methoxy groups -OCH3 is 1. The lowest BCUT2D eigenvalue weighted by atomic mass is 10.2. The van der Waals surface area contributed by atoms with Crippen LogP contribution in [-0.4, -0.2) is 33.0 Å². The Morgan fingerprint density at radius 3 is 2.83 bits per heavy atom. The van der Waals surface area contributed by atoms with Crippen LogP contribution in [0.1, 0.15) is 0 Å². The van der Waals surface area contributed by atoms with Crippen LogP contribution in [0.3, 0.4) is 0 Å². The number of nitrogens with one attached hydrogen (secondary N) is 2. The van der Waals surface area contributed by atoms with Crippen LogP contribution >= 0.6 is 15.9 Å². The SMILES string of the molecule is COc1ccc(NS(=O)(=O)c2cc3c(cc2Br)NC(=O)CO3)cn1. The molecule has 1 aromatic heterocycles. The zero-order valence-corrected chi connectivity index (χ0v) is 14.8. The number of hydrogen-bond acceptors (Lipinski definition) is 6. The molecule has 2 aromatic rings. The van der Waals surface area contributed by atoms with Crippen LogP contribution in [0.25, 0.3) is 0 Å². The highest BCUT2D eigenvalue weighted by molar-refractivity contribution is 9.10. The lowest BCUT2D eigenvalue weighted by molar-refractivity contribution is -0.118. The van der Waals surface area contributed by atoms with E-state index in [2.05, 4.69) is 31.0 Å². The minimum absolute atomic E-state index is 0.0202. The molecule has 2 heterocycles. The van der Waals surface area contributed by atoms with E-state index in [4.69, 9.17) is 9.47 Å². The van der Waals surface area contributed by atoms with Crippen molar-refractivity contribution in [1.29, 1.82) is 0 Å². The van der Waals surface area contributed by atoms with Gasteiger partial charge < -0.3 is 14.8 Å². The van der Waals surface area contributed by atoms with Crippen molar-refractivity contribution in [2.24, 2.45) is 0 Å². The quantitative estimate of drug-likeness (QED) is 0.793. The Kier molecular flexibility index (Phi) is 4.33. The van der Waals surface area contributed by atoms with Gasteiger partial charge in [-0.2, -0.15) is 0 Å². The van der Waals surface area contributed by atoms with E-state index in [1.165, 1.54) is 31.5 Å². The summed E-state index contributed by atoms with van der Waals surface area (Å²) in [6.45, 7) is -0.163. The molecule has 0 fully saturated rings. The number of sulfonamides is 1. The average molecular weight is 414 g/mol. The predicted molar refractivity (Wildman–Crippen MR) is 89.9 cm³/mol. The van der Waals surface area contributed by atoms with E-state index in [9.17, 15) is 13.2 Å². The molecular formula is C14H12BrN3O5S. The van der Waals surface area contributed by atoms with Gasteiger partial charge in [0.15, 0.2) is 6.61 Å². The van der Waals surface area contributed by atoms with Crippen LogP contribution in [0.5, 0.6) is 11.6 Å². The fraction of sp³-hybridized carbons (Fsp3) is 0.143. The van der Waals surface area contributed by atoms with Crippen LogP contribution < -0.4 is 19.5 Å². The van der Waals surface area contributed by atoms with Crippen LogP contribution in [0, 0.1) is 0 Å². The molecule has 126 valence electrons. The summed E-state index contributed by atoms with van der Waals surface area (Å²) in [6, 6.07) is 5.90. The second-order valence-electron chi connectivity index (χ2n) is 4.81. The summed E-state index contributed by atoms with van der Waals surface area (Å²) >= 11 is 3.21. The van der Waals surface area contributed by atoms with Gasteiger partial charge >= 0.3 is 0 Å². The number of amides is 1. The van der Waals surface area contributed by atoms with E-state index in [-0.39, 0.29) is 28.8 Å². The molecule has 1 amide bonds. The highest BCUT2D eigenvalue weighted by Crippen LogP contribution is 2.36. The molecule has 0 unspecified atom stereocenters. The molecule has 0 saturated carbocycles. The number of benzene rings is 1. The maximum Gasteiger partial charge on any atom is 0.263 e. The van der Waals surface area contributed by atoms with Gasteiger partial charge in [-0.1, -0.05) is 0 Å². The first-order valence-corrected chi connectivity index (χ1v) is 8.96. The van der Waals surface area contributed by atoms with Crippen molar-refractivity contribution in [2.75, 3.05) is 23.8 Å². The van der Waals surface area contributed by atoms with Crippen LogP contribution in [0.4, 0.5) is 11.4 Å². The van der Waals surface area contributed by atoms with Crippen molar-refractivity contribution in [2.45, 2.75) is 4.90 Å². The number of halogens is 1. The number of carbonyl (C=O) groups is 1. The number of carbonyl (C=O) groups excluding carboxylic acids is 1. The number of pyridine rings is 1. The van der Waals surface area contributed by atoms with Gasteiger partial charge in [-0.3, -0.25) is 9.52 Å². The maximum atomic E-state index is 12.6. The second kappa shape index (κ2) is 6.29. The molecule has 0 aliphatic carbocycles. The lowest BCUT2D eigenvalue weighted by Gasteiger charge is -2.19. The summed E-state index contributed by atoms with van der Waals surface area (Å²) in [5, 5.41) is 2.61. The van der Waals surface area contributed by atoms with E-state index in [1.54, 1.807) is 6.07 Å². The molecule has 0 bridgehead atoms. The number of rotatable bonds is 4. The van der Waals surface area contributed by atoms with Gasteiger partial charge in [-0.15, -0.1) is 0 Å². The Hall–Kier alpha value is -2.33. The number of anilines is 2. The van der Waals surface area contributed by atoms with E-state index in [0.717, 1.165) is 0 Å². The summed E-state index contributed by atoms with van der Waals surface area (Å²) in [7, 11) is -2.41. The monoisotopic (exact) mass is 413 g/mol. The van der Waals surface area contributed by atoms with Gasteiger partial charge in [0.05, 0.1) is 24.7 Å². The Balaban J connectivity index is 1.93. The minimum atomic E-state index is -3.88. The zero-order valence-electron chi connectivity index (χ0n) is 12.4. The summed E-state index contributed by atoms with van der Waals surface area (Å²) in [5.41, 5.74) is 0.692. The fourth-order valence-electron chi connectivity index (χ4n) is 2.06. The highest BCUT2D eigenvalue weighted by atomic mass is 79.9. The number of fused-ring (bicyclic) bond motifs is 1. The Labute approximate surface area is 146 Å². The van der Waals surface area contributed by atoms with Crippen molar-refractivity contribution in [1.82, 2.24) is 4.98 Å². The molecule has 8 nitrogen and oxygen atoms in total. The molecule has 24 heavy (non-hydrogen) atoms. The van der Waals surface area contributed by atoms with Crippen LogP contribution in [-0.2, 0) is 14.8 Å². The summed E-state index contributed by atoms with van der Waals surface area (Å²) in [4.78, 5) is 15.2. The topological polar surface area (TPSA) is 107 Å². The first-order chi connectivity index (χ1) is 11.4. The zero-order chi connectivity index (χ0) is 17.3. The number of hydrogen-bond donors (Lipinski definition) is 2. The number of nitrogens with zero attached hydrogens (tertiary/aromatic N) is 1. The summed E-state index contributed by atoms with van der Waals surface area (Å²) < 4.78 is 38.1. The van der Waals surface area contributed by atoms with Gasteiger partial charge in [0, 0.05) is 16.6 Å². The van der Waals surface area contributed by atoms with Crippen molar-refractivity contribution in [3.8, 4) is 11.6 Å². The van der Waals surface area contributed by atoms with E-state index >= 15 is 0 Å². The first kappa shape index (κ1) is 16.5. The fourth-order valence-corrected chi connectivity index (χ4v) is 4.16. The molecule has 3 rings (SSSR count). The van der Waals surface area contributed by atoms with Gasteiger partial charge in [-0.25, -0.2) is 13.4 Å². The van der Waals surface area contributed by atoms with Gasteiger partial charge in [-0.05, 0) is 28.1 Å². The normalized spacial score (nSPS) is 13.5. The number of ether oxygens (including phenoxy) is 2. The molecule has 0 atom stereocenters. The largest absolute Gasteiger partial charge is 0.482 e. The summed E-state index contributed by atoms with van der Waals surface area (Å²) in [6.07, 6.45) is 1.35. The van der Waals surface area contributed by atoms with Crippen LogP contribution in [0.15, 0.2) is 39.8 Å². The third-order valence-corrected chi connectivity index (χ3v) is 5.49. The van der Waals surface area contributed by atoms with Crippen molar-refractivity contribution in [3.63, 3.8) is 0 Å². The minimum Gasteiger partial charge on any atom is -0.482 e. The smallest absolute Gasteiger partial charge is 0.263 e. The standard InChI is InChI=1S/C14H12BrN3O5S/c1-22-14-3-2-8(6-16-14)18-24(20,21)12-5-11-10(4-9(12)15)17-13(19)7-23-11/h2-6,18H,7H2,1H3,(H,17,19). The van der Waals surface area contributed by atoms with Gasteiger partial charge in [0.2, 0.25) is 5.88 Å². The number of aromatic nitrogens is 1. The molecule has 0 radical (unpaired) electrons. The van der Waals surface area contributed by atoms with E-state index in [1.807, 2.05) is 0 Å². The Morgan fingerprint density at radius 1 is 1.38 bits per heavy atom. The van der Waals surface area contributed by atoms with Gasteiger partial charge in [0.1, 0.15) is 10.6 Å².